The molecule has 0 amide bonds. The highest BCUT2D eigenvalue weighted by atomic mass is 15.4. The maximum absolute atomic E-state index is 5.62. The van der Waals surface area contributed by atoms with Crippen molar-refractivity contribution in [2.24, 2.45) is 10.9 Å². The fourth-order valence-corrected chi connectivity index (χ4v) is 9.19. The molecule has 5 heteroatoms. The number of amidine groups is 1. The SMILES string of the molecule is CC1C=C(C2=NC(c3cc(C4=CC=C5C=CC=CC5N4C)cc(C4C=CC=CC4)c3)NC(c3cc(-c4ccccc4)cc(-c4ccc5ccccc5n4)c3)N2C)C=CC1. The van der Waals surface area contributed by atoms with Crippen molar-refractivity contribution in [1.82, 2.24) is 20.1 Å². The molecule has 3 heterocycles. The number of allylic oxidation sites excluding steroid dienone is 10. The van der Waals surface area contributed by atoms with Gasteiger partial charge in [-0.15, -0.1) is 0 Å². The molecule has 10 rings (SSSR count). The Hall–Kier alpha value is -6.56. The van der Waals surface area contributed by atoms with Crippen LogP contribution in [0.4, 0.5) is 0 Å². The van der Waals surface area contributed by atoms with Gasteiger partial charge in [0.05, 0.1) is 17.3 Å². The van der Waals surface area contributed by atoms with Crippen LogP contribution in [0.15, 0.2) is 198 Å². The van der Waals surface area contributed by atoms with E-state index in [0.29, 0.717) is 5.92 Å². The molecule has 59 heavy (non-hydrogen) atoms. The van der Waals surface area contributed by atoms with Gasteiger partial charge in [-0.25, -0.2) is 9.98 Å². The van der Waals surface area contributed by atoms with Crippen LogP contribution in [0.2, 0.25) is 0 Å². The van der Waals surface area contributed by atoms with Crippen molar-refractivity contribution in [3.63, 3.8) is 0 Å². The summed E-state index contributed by atoms with van der Waals surface area (Å²) in [5.41, 5.74) is 13.9. The molecule has 3 aliphatic carbocycles. The molecule has 1 N–H and O–H groups in total. The summed E-state index contributed by atoms with van der Waals surface area (Å²) in [4.78, 5) is 15.5. The van der Waals surface area contributed by atoms with Gasteiger partial charge in [0.15, 0.2) is 0 Å². The van der Waals surface area contributed by atoms with Gasteiger partial charge in [-0.1, -0.05) is 140 Å². The molecule has 5 atom stereocenters. The Balaban J connectivity index is 1.13. The highest BCUT2D eigenvalue weighted by Crippen LogP contribution is 2.40. The first-order chi connectivity index (χ1) is 28.9. The largest absolute Gasteiger partial charge is 0.364 e. The molecule has 4 aromatic carbocycles. The lowest BCUT2D eigenvalue weighted by atomic mass is 9.87. The summed E-state index contributed by atoms with van der Waals surface area (Å²) < 4.78 is 0. The van der Waals surface area contributed by atoms with E-state index in [9.17, 15) is 0 Å². The van der Waals surface area contributed by atoms with Crippen molar-refractivity contribution in [3.8, 4) is 22.4 Å². The van der Waals surface area contributed by atoms with E-state index in [2.05, 4.69) is 218 Å². The normalized spacial score (nSPS) is 23.5. The molecule has 290 valence electrons. The minimum Gasteiger partial charge on any atom is -0.364 e. The van der Waals surface area contributed by atoms with Gasteiger partial charge < -0.3 is 9.80 Å². The zero-order chi connectivity index (χ0) is 39.9. The van der Waals surface area contributed by atoms with E-state index in [1.54, 1.807) is 0 Å². The number of benzene rings is 4. The molecule has 5 nitrogen and oxygen atoms in total. The topological polar surface area (TPSA) is 43.8 Å². The van der Waals surface area contributed by atoms with Crippen molar-refractivity contribution < 1.29 is 0 Å². The molecular weight excluding hydrogens is 719 g/mol. The number of pyridine rings is 1. The van der Waals surface area contributed by atoms with Crippen LogP contribution in [0.5, 0.6) is 0 Å². The zero-order valence-corrected chi connectivity index (χ0v) is 33.9. The molecule has 0 bridgehead atoms. The second-order valence-electron chi connectivity index (χ2n) is 16.4. The van der Waals surface area contributed by atoms with E-state index in [1.165, 1.54) is 33.5 Å². The van der Waals surface area contributed by atoms with Crippen LogP contribution in [-0.4, -0.2) is 40.8 Å². The Bertz CT molecular complexity index is 2720. The van der Waals surface area contributed by atoms with Crippen LogP contribution < -0.4 is 5.32 Å². The number of hydrogen-bond donors (Lipinski definition) is 1. The number of nitrogens with zero attached hydrogens (tertiary/aromatic N) is 4. The van der Waals surface area contributed by atoms with Crippen LogP contribution in [0.25, 0.3) is 39.0 Å². The van der Waals surface area contributed by atoms with Gasteiger partial charge in [0.2, 0.25) is 0 Å². The van der Waals surface area contributed by atoms with Crippen LogP contribution in [0, 0.1) is 5.92 Å². The van der Waals surface area contributed by atoms with Crippen LogP contribution >= 0.6 is 0 Å². The third kappa shape index (κ3) is 7.28. The highest BCUT2D eigenvalue weighted by Gasteiger charge is 2.33. The number of hydrogen-bond acceptors (Lipinski definition) is 5. The quantitative estimate of drug-likeness (QED) is 0.179. The summed E-state index contributed by atoms with van der Waals surface area (Å²) in [6, 6.07) is 37.7. The van der Waals surface area contributed by atoms with Crippen LogP contribution in [0.3, 0.4) is 0 Å². The molecule has 1 aromatic heterocycles. The van der Waals surface area contributed by atoms with E-state index in [1.807, 2.05) is 0 Å². The Morgan fingerprint density at radius 3 is 2.32 bits per heavy atom. The second kappa shape index (κ2) is 15.7. The van der Waals surface area contributed by atoms with Gasteiger partial charge in [-0.05, 0) is 106 Å². The molecule has 0 fully saturated rings. The van der Waals surface area contributed by atoms with E-state index >= 15 is 0 Å². The van der Waals surface area contributed by atoms with Crippen LogP contribution in [0.1, 0.15) is 60.3 Å². The Morgan fingerprint density at radius 2 is 1.46 bits per heavy atom. The third-order valence-electron chi connectivity index (χ3n) is 12.4. The van der Waals surface area contributed by atoms with Gasteiger partial charge in [-0.3, -0.25) is 5.32 Å². The Labute approximate surface area is 348 Å². The predicted molar refractivity (Wildman–Crippen MR) is 245 cm³/mol. The molecule has 5 unspecified atom stereocenters. The van der Waals surface area contributed by atoms with E-state index < -0.39 is 0 Å². The lowest BCUT2D eigenvalue weighted by molar-refractivity contribution is 0.257. The fraction of sp³-hybridized carbons (Fsp3) is 0.185. The highest BCUT2D eigenvalue weighted by molar-refractivity contribution is 6.01. The van der Waals surface area contributed by atoms with Gasteiger partial charge in [-0.2, -0.15) is 0 Å². The molecule has 0 saturated carbocycles. The maximum Gasteiger partial charge on any atom is 0.133 e. The fourth-order valence-electron chi connectivity index (χ4n) is 9.19. The minimum atomic E-state index is -0.305. The third-order valence-corrected chi connectivity index (χ3v) is 12.4. The van der Waals surface area contributed by atoms with Crippen molar-refractivity contribution in [2.75, 3.05) is 14.1 Å². The smallest absolute Gasteiger partial charge is 0.133 e. The average molecular weight is 768 g/mol. The minimum absolute atomic E-state index is 0.187. The van der Waals surface area contributed by atoms with Crippen LogP contribution in [-0.2, 0) is 0 Å². The van der Waals surface area contributed by atoms with Gasteiger partial charge >= 0.3 is 0 Å². The first-order valence-corrected chi connectivity index (χ1v) is 21.0. The van der Waals surface area contributed by atoms with Crippen molar-refractivity contribution in [1.29, 1.82) is 0 Å². The number of likely N-dealkylation sites (N-methyl/N-ethyl adjacent to an activating group) is 2. The molecule has 0 spiro atoms. The Morgan fingerprint density at radius 1 is 0.644 bits per heavy atom. The summed E-state index contributed by atoms with van der Waals surface area (Å²) in [5.74, 6) is 1.71. The summed E-state index contributed by atoms with van der Waals surface area (Å²) in [6.07, 6.45) is 30.8. The van der Waals surface area contributed by atoms with Crippen molar-refractivity contribution in [2.45, 2.75) is 44.1 Å². The van der Waals surface area contributed by atoms with Gasteiger partial charge in [0, 0.05) is 42.2 Å². The van der Waals surface area contributed by atoms with Crippen molar-refractivity contribution >= 4 is 22.4 Å². The maximum atomic E-state index is 5.62. The first-order valence-electron chi connectivity index (χ1n) is 21.0. The second-order valence-corrected chi connectivity index (χ2v) is 16.4. The zero-order valence-electron chi connectivity index (χ0n) is 33.9. The lowest BCUT2D eigenvalue weighted by Crippen LogP contribution is -2.46. The Kier molecular flexibility index (Phi) is 9.75. The molecule has 0 radical (unpaired) electrons. The van der Waals surface area contributed by atoms with E-state index in [-0.39, 0.29) is 24.3 Å². The molecular formula is C54H49N5. The van der Waals surface area contributed by atoms with Gasteiger partial charge in [0.25, 0.3) is 0 Å². The number of para-hydroxylation sites is 1. The number of aliphatic imine (C=N–C) groups is 1. The summed E-state index contributed by atoms with van der Waals surface area (Å²) in [5, 5.41) is 5.22. The van der Waals surface area contributed by atoms with E-state index in [0.717, 1.165) is 57.5 Å². The molecule has 2 aliphatic heterocycles. The number of rotatable bonds is 7. The molecule has 5 aliphatic rings. The van der Waals surface area contributed by atoms with E-state index in [4.69, 9.17) is 9.98 Å². The standard InChI is InChI=1S/C54H49N5/c1-36-15-14-22-41(29-36)53-56-52(46-32-43(38-18-8-5-9-19-38)31-45(35-46)51-28-26-40-21-11-13-24-50(40)58(51)2)57-54(59(53)3)47-33-42(37-16-6-4-7-17-37)30-44(34-47)49-27-25-39-20-10-12-23-48(39)55-49/h4-14,16-18,20-36,38,50,52,54,57H,15,19H2,1-3H3. The number of aromatic nitrogens is 1. The van der Waals surface area contributed by atoms with Crippen molar-refractivity contribution in [3.05, 3.63) is 216 Å². The average Bonchev–Trinajstić information content (AvgIpc) is 3.29. The molecule has 0 saturated heterocycles. The number of nitrogens with one attached hydrogen (secondary N) is 1. The van der Waals surface area contributed by atoms with Gasteiger partial charge in [0.1, 0.15) is 18.2 Å². The first kappa shape index (κ1) is 36.8. The monoisotopic (exact) mass is 767 g/mol. The molecule has 5 aromatic rings. The summed E-state index contributed by atoms with van der Waals surface area (Å²) in [6.45, 7) is 2.29. The lowest BCUT2D eigenvalue weighted by Gasteiger charge is -2.40. The summed E-state index contributed by atoms with van der Waals surface area (Å²) >= 11 is 0. The number of fused-ring (bicyclic) bond motifs is 2. The predicted octanol–water partition coefficient (Wildman–Crippen LogP) is 12.0. The summed E-state index contributed by atoms with van der Waals surface area (Å²) in [7, 11) is 4.40.